The first-order valence-corrected chi connectivity index (χ1v) is 10.1. The van der Waals surface area contributed by atoms with Crippen LogP contribution in [0.15, 0.2) is 27.8 Å². The second kappa shape index (κ2) is 12.8. The first-order chi connectivity index (χ1) is 12.8. The zero-order valence-electron chi connectivity index (χ0n) is 16.5. The van der Waals surface area contributed by atoms with Gasteiger partial charge < -0.3 is 24.7 Å². The first kappa shape index (κ1) is 20.8. The number of aliphatic imine (C=N–C) groups is 1. The molecule has 0 amide bonds. The number of rotatable bonds is 11. The van der Waals surface area contributed by atoms with E-state index in [0.29, 0.717) is 13.2 Å². The molecule has 1 unspecified atom stereocenters. The van der Waals surface area contributed by atoms with E-state index in [1.807, 2.05) is 12.1 Å². The Balaban J connectivity index is 1.53. The molecule has 26 heavy (non-hydrogen) atoms. The van der Waals surface area contributed by atoms with Gasteiger partial charge in [0.05, 0.1) is 6.26 Å². The lowest BCUT2D eigenvalue weighted by atomic mass is 10.0. The van der Waals surface area contributed by atoms with Gasteiger partial charge in [0.1, 0.15) is 12.4 Å². The average Bonchev–Trinajstić information content (AvgIpc) is 3.15. The maximum Gasteiger partial charge on any atom is 0.191 e. The third kappa shape index (κ3) is 8.72. The number of nitrogens with one attached hydrogen (secondary N) is 2. The van der Waals surface area contributed by atoms with Gasteiger partial charge in [-0.15, -0.1) is 0 Å². The van der Waals surface area contributed by atoms with Crippen molar-refractivity contribution in [1.29, 1.82) is 0 Å². The van der Waals surface area contributed by atoms with Crippen LogP contribution in [-0.2, 0) is 11.3 Å². The largest absolute Gasteiger partial charge is 0.467 e. The molecule has 1 atom stereocenters. The number of hydrogen-bond acceptors (Lipinski definition) is 4. The van der Waals surface area contributed by atoms with Gasteiger partial charge in [0, 0.05) is 32.8 Å². The molecule has 2 rings (SSSR count). The van der Waals surface area contributed by atoms with E-state index in [1.165, 1.54) is 32.5 Å². The minimum Gasteiger partial charge on any atom is -0.467 e. The predicted octanol–water partition coefficient (Wildman–Crippen LogP) is 2.86. The SMILES string of the molecule is CCNC(=NCCCOCc1ccco1)NCCCN1CCCC(C)C1. The normalized spacial score (nSPS) is 18.8. The van der Waals surface area contributed by atoms with Crippen molar-refractivity contribution in [3.63, 3.8) is 0 Å². The summed E-state index contributed by atoms with van der Waals surface area (Å²) in [6.07, 6.45) is 6.47. The number of furan rings is 1. The Morgan fingerprint density at radius 1 is 1.38 bits per heavy atom. The molecule has 0 radical (unpaired) electrons. The molecule has 2 heterocycles. The molecule has 1 aliphatic rings. The number of nitrogens with zero attached hydrogens (tertiary/aromatic N) is 2. The Bertz CT molecular complexity index is 490. The smallest absolute Gasteiger partial charge is 0.191 e. The molecular formula is C20H36N4O2. The summed E-state index contributed by atoms with van der Waals surface area (Å²) >= 11 is 0. The second-order valence-electron chi connectivity index (χ2n) is 7.07. The lowest BCUT2D eigenvalue weighted by Gasteiger charge is -2.30. The fourth-order valence-electron chi connectivity index (χ4n) is 3.27. The van der Waals surface area contributed by atoms with E-state index in [1.54, 1.807) is 6.26 Å². The quantitative estimate of drug-likeness (QED) is 0.359. The number of likely N-dealkylation sites (tertiary alicyclic amines) is 1. The van der Waals surface area contributed by atoms with E-state index in [4.69, 9.17) is 9.15 Å². The van der Waals surface area contributed by atoms with Crippen molar-refractivity contribution in [2.75, 3.05) is 45.9 Å². The molecule has 1 aromatic heterocycles. The minimum absolute atomic E-state index is 0.532. The van der Waals surface area contributed by atoms with Crippen LogP contribution < -0.4 is 10.6 Å². The topological polar surface area (TPSA) is 62.0 Å². The lowest BCUT2D eigenvalue weighted by Crippen LogP contribution is -2.40. The summed E-state index contributed by atoms with van der Waals surface area (Å²) < 4.78 is 10.8. The van der Waals surface area contributed by atoms with Crippen molar-refractivity contribution in [2.45, 2.75) is 46.1 Å². The number of hydrogen-bond donors (Lipinski definition) is 2. The van der Waals surface area contributed by atoms with Crippen molar-refractivity contribution in [2.24, 2.45) is 10.9 Å². The second-order valence-corrected chi connectivity index (χ2v) is 7.07. The summed E-state index contributed by atoms with van der Waals surface area (Å²) in [5.74, 6) is 2.63. The Labute approximate surface area is 158 Å². The van der Waals surface area contributed by atoms with Gasteiger partial charge in [0.25, 0.3) is 0 Å². The predicted molar refractivity (Wildman–Crippen MR) is 106 cm³/mol. The zero-order valence-corrected chi connectivity index (χ0v) is 16.5. The summed E-state index contributed by atoms with van der Waals surface area (Å²) in [5, 5.41) is 6.75. The van der Waals surface area contributed by atoms with Crippen molar-refractivity contribution in [3.05, 3.63) is 24.2 Å². The summed E-state index contributed by atoms with van der Waals surface area (Å²) in [6.45, 7) is 12.0. The summed E-state index contributed by atoms with van der Waals surface area (Å²) in [4.78, 5) is 7.22. The van der Waals surface area contributed by atoms with Gasteiger partial charge in [-0.2, -0.15) is 0 Å². The van der Waals surface area contributed by atoms with Gasteiger partial charge in [-0.25, -0.2) is 0 Å². The third-order valence-corrected chi connectivity index (χ3v) is 4.57. The third-order valence-electron chi connectivity index (χ3n) is 4.57. The van der Waals surface area contributed by atoms with Crippen LogP contribution in [0.1, 0.15) is 45.3 Å². The first-order valence-electron chi connectivity index (χ1n) is 10.1. The molecule has 0 bridgehead atoms. The average molecular weight is 365 g/mol. The molecule has 2 N–H and O–H groups in total. The van der Waals surface area contributed by atoms with Crippen LogP contribution in [0, 0.1) is 5.92 Å². The number of ether oxygens (including phenoxy) is 1. The monoisotopic (exact) mass is 364 g/mol. The zero-order chi connectivity index (χ0) is 18.5. The Hall–Kier alpha value is -1.53. The molecule has 1 saturated heterocycles. The highest BCUT2D eigenvalue weighted by molar-refractivity contribution is 5.79. The Morgan fingerprint density at radius 2 is 2.31 bits per heavy atom. The number of guanidine groups is 1. The van der Waals surface area contributed by atoms with E-state index >= 15 is 0 Å². The maximum atomic E-state index is 5.58. The summed E-state index contributed by atoms with van der Waals surface area (Å²) in [5.41, 5.74) is 0. The van der Waals surface area contributed by atoms with Crippen LogP contribution in [-0.4, -0.2) is 56.7 Å². The molecule has 6 heteroatoms. The number of piperidine rings is 1. The molecule has 6 nitrogen and oxygen atoms in total. The van der Waals surface area contributed by atoms with Crippen molar-refractivity contribution in [1.82, 2.24) is 15.5 Å². The fraction of sp³-hybridized carbons (Fsp3) is 0.750. The van der Waals surface area contributed by atoms with E-state index in [2.05, 4.69) is 34.4 Å². The van der Waals surface area contributed by atoms with Crippen LogP contribution in [0.4, 0.5) is 0 Å². The lowest BCUT2D eigenvalue weighted by molar-refractivity contribution is 0.105. The summed E-state index contributed by atoms with van der Waals surface area (Å²) in [7, 11) is 0. The Morgan fingerprint density at radius 3 is 3.08 bits per heavy atom. The van der Waals surface area contributed by atoms with Gasteiger partial charge in [0.15, 0.2) is 5.96 Å². The highest BCUT2D eigenvalue weighted by Gasteiger charge is 2.15. The van der Waals surface area contributed by atoms with Gasteiger partial charge in [-0.3, -0.25) is 4.99 Å². The molecule has 1 aromatic rings. The molecule has 0 saturated carbocycles. The maximum absolute atomic E-state index is 5.58. The van der Waals surface area contributed by atoms with Gasteiger partial charge >= 0.3 is 0 Å². The minimum atomic E-state index is 0.532. The molecule has 0 aromatic carbocycles. The van der Waals surface area contributed by atoms with E-state index in [9.17, 15) is 0 Å². The van der Waals surface area contributed by atoms with Crippen molar-refractivity contribution >= 4 is 5.96 Å². The van der Waals surface area contributed by atoms with Gasteiger partial charge in [-0.1, -0.05) is 6.92 Å². The standard InChI is InChI=1S/C20H36N4O2/c1-3-21-20(22-10-6-13-24-12-4-8-18(2)16-24)23-11-7-14-25-17-19-9-5-15-26-19/h5,9,15,18H,3-4,6-8,10-14,16-17H2,1-2H3,(H2,21,22,23). The molecular weight excluding hydrogens is 328 g/mol. The van der Waals surface area contributed by atoms with E-state index < -0.39 is 0 Å². The van der Waals surface area contributed by atoms with E-state index in [-0.39, 0.29) is 0 Å². The van der Waals surface area contributed by atoms with Crippen LogP contribution in [0.25, 0.3) is 0 Å². The van der Waals surface area contributed by atoms with E-state index in [0.717, 1.165) is 50.1 Å². The van der Waals surface area contributed by atoms with Crippen molar-refractivity contribution < 1.29 is 9.15 Å². The van der Waals surface area contributed by atoms with Gasteiger partial charge in [-0.05, 0) is 63.7 Å². The van der Waals surface area contributed by atoms with Crippen molar-refractivity contribution in [3.8, 4) is 0 Å². The fourth-order valence-corrected chi connectivity index (χ4v) is 3.27. The van der Waals surface area contributed by atoms with Gasteiger partial charge in [0.2, 0.25) is 0 Å². The molecule has 1 fully saturated rings. The van der Waals surface area contributed by atoms with Crippen LogP contribution in [0.3, 0.4) is 0 Å². The van der Waals surface area contributed by atoms with Crippen LogP contribution in [0.2, 0.25) is 0 Å². The Kier molecular flexibility index (Phi) is 10.2. The molecule has 0 spiro atoms. The molecule has 0 aliphatic carbocycles. The molecule has 148 valence electrons. The molecule has 1 aliphatic heterocycles. The highest BCUT2D eigenvalue weighted by Crippen LogP contribution is 2.15. The highest BCUT2D eigenvalue weighted by atomic mass is 16.5. The van der Waals surface area contributed by atoms with Crippen LogP contribution >= 0.6 is 0 Å². The summed E-state index contributed by atoms with van der Waals surface area (Å²) in [6, 6.07) is 3.80. The van der Waals surface area contributed by atoms with Crippen LogP contribution in [0.5, 0.6) is 0 Å².